The van der Waals surface area contributed by atoms with E-state index in [1.54, 1.807) is 12.3 Å². The van der Waals surface area contributed by atoms with Gasteiger partial charge in [-0.25, -0.2) is 14.8 Å². The smallest absolute Gasteiger partial charge is 0.407 e. The molecule has 1 aliphatic heterocycles. The highest BCUT2D eigenvalue weighted by atomic mass is 16.4. The van der Waals surface area contributed by atoms with Crippen molar-refractivity contribution in [2.75, 3.05) is 18.0 Å². The molecule has 2 rings (SSSR count). The van der Waals surface area contributed by atoms with E-state index in [2.05, 4.69) is 9.97 Å². The summed E-state index contributed by atoms with van der Waals surface area (Å²) in [7, 11) is 0. The van der Waals surface area contributed by atoms with Crippen LogP contribution < -0.4 is 10.6 Å². The van der Waals surface area contributed by atoms with Gasteiger partial charge in [-0.2, -0.15) is 0 Å². The van der Waals surface area contributed by atoms with E-state index in [1.807, 2.05) is 25.7 Å². The lowest BCUT2D eigenvalue weighted by Gasteiger charge is -2.42. The minimum absolute atomic E-state index is 0.0983. The SMILES string of the molecule is C[C@H](N)c1ccnc(N2C[C@@H](C)N(C(=O)O)[C@@H](C)C2)n1. The molecule has 0 saturated carbocycles. The molecule has 1 fully saturated rings. The Morgan fingerprint density at radius 1 is 1.45 bits per heavy atom. The summed E-state index contributed by atoms with van der Waals surface area (Å²) in [4.78, 5) is 23.5. The van der Waals surface area contributed by atoms with Gasteiger partial charge in [0.1, 0.15) is 0 Å². The second kappa shape index (κ2) is 5.62. The molecule has 7 heteroatoms. The molecule has 1 aliphatic rings. The molecule has 1 amide bonds. The lowest BCUT2D eigenvalue weighted by Crippen LogP contribution is -2.58. The van der Waals surface area contributed by atoms with Crippen LogP contribution in [0.3, 0.4) is 0 Å². The third-order valence-corrected chi connectivity index (χ3v) is 3.55. The van der Waals surface area contributed by atoms with Crippen molar-refractivity contribution in [1.82, 2.24) is 14.9 Å². The number of carboxylic acid groups (broad SMARTS) is 1. The van der Waals surface area contributed by atoms with Crippen molar-refractivity contribution >= 4 is 12.0 Å². The molecule has 3 N–H and O–H groups in total. The summed E-state index contributed by atoms with van der Waals surface area (Å²) in [5.41, 5.74) is 6.62. The number of rotatable bonds is 2. The summed E-state index contributed by atoms with van der Waals surface area (Å²) in [5, 5.41) is 9.21. The Morgan fingerprint density at radius 2 is 2.05 bits per heavy atom. The Hall–Kier alpha value is -1.89. The third-order valence-electron chi connectivity index (χ3n) is 3.55. The monoisotopic (exact) mass is 279 g/mol. The Balaban J connectivity index is 2.19. The second-order valence-corrected chi connectivity index (χ2v) is 5.36. The van der Waals surface area contributed by atoms with E-state index in [4.69, 9.17) is 5.73 Å². The first-order valence-electron chi connectivity index (χ1n) is 6.75. The van der Waals surface area contributed by atoms with Crippen LogP contribution in [-0.4, -0.2) is 51.2 Å². The number of piperazine rings is 1. The standard InChI is InChI=1S/C13H21N5O2/c1-8-6-17(7-9(2)18(8)13(19)20)12-15-5-4-11(16-12)10(3)14/h4-5,8-10H,6-7,14H2,1-3H3,(H,19,20)/t8-,9+,10-/m0/s1. The lowest BCUT2D eigenvalue weighted by molar-refractivity contribution is 0.0979. The van der Waals surface area contributed by atoms with E-state index in [-0.39, 0.29) is 18.1 Å². The summed E-state index contributed by atoms with van der Waals surface area (Å²) >= 11 is 0. The number of amides is 1. The van der Waals surface area contributed by atoms with Crippen molar-refractivity contribution in [1.29, 1.82) is 0 Å². The fourth-order valence-corrected chi connectivity index (χ4v) is 2.63. The fraction of sp³-hybridized carbons (Fsp3) is 0.615. The molecule has 0 bridgehead atoms. The van der Waals surface area contributed by atoms with Gasteiger partial charge < -0.3 is 15.7 Å². The Kier molecular flexibility index (Phi) is 4.08. The molecule has 0 unspecified atom stereocenters. The van der Waals surface area contributed by atoms with Gasteiger partial charge in [0.2, 0.25) is 5.95 Å². The zero-order valence-corrected chi connectivity index (χ0v) is 12.0. The minimum Gasteiger partial charge on any atom is -0.465 e. The number of nitrogens with zero attached hydrogens (tertiary/aromatic N) is 4. The highest BCUT2D eigenvalue weighted by molar-refractivity contribution is 5.66. The molecule has 1 saturated heterocycles. The summed E-state index contributed by atoms with van der Waals surface area (Å²) in [5.74, 6) is 0.614. The van der Waals surface area contributed by atoms with E-state index in [0.717, 1.165) is 5.69 Å². The number of carbonyl (C=O) groups is 1. The van der Waals surface area contributed by atoms with Crippen LogP contribution in [0, 0.1) is 0 Å². The lowest BCUT2D eigenvalue weighted by atomic mass is 10.1. The van der Waals surface area contributed by atoms with Crippen molar-refractivity contribution in [3.05, 3.63) is 18.0 Å². The van der Waals surface area contributed by atoms with Gasteiger partial charge in [0.05, 0.1) is 17.8 Å². The highest BCUT2D eigenvalue weighted by Gasteiger charge is 2.33. The molecule has 0 aliphatic carbocycles. The summed E-state index contributed by atoms with van der Waals surface area (Å²) in [6.07, 6.45) is 0.815. The molecule has 0 aromatic carbocycles. The van der Waals surface area contributed by atoms with Gasteiger partial charge in [-0.1, -0.05) is 0 Å². The first-order chi connectivity index (χ1) is 9.40. The minimum atomic E-state index is -0.880. The van der Waals surface area contributed by atoms with Crippen LogP contribution in [0.25, 0.3) is 0 Å². The summed E-state index contributed by atoms with van der Waals surface area (Å²) in [6, 6.07) is 1.46. The normalized spacial score (nSPS) is 24.6. The van der Waals surface area contributed by atoms with Gasteiger partial charge in [-0.05, 0) is 26.8 Å². The van der Waals surface area contributed by atoms with Crippen LogP contribution in [0.2, 0.25) is 0 Å². The van der Waals surface area contributed by atoms with Crippen molar-refractivity contribution in [2.24, 2.45) is 5.73 Å². The van der Waals surface area contributed by atoms with Crippen molar-refractivity contribution < 1.29 is 9.90 Å². The van der Waals surface area contributed by atoms with Gasteiger partial charge in [0, 0.05) is 25.3 Å². The van der Waals surface area contributed by atoms with Gasteiger partial charge >= 0.3 is 6.09 Å². The quantitative estimate of drug-likeness (QED) is 0.841. The Bertz CT molecular complexity index is 481. The average molecular weight is 279 g/mol. The van der Waals surface area contributed by atoms with Crippen LogP contribution in [0.1, 0.15) is 32.5 Å². The predicted octanol–water partition coefficient (Wildman–Crippen LogP) is 1.07. The van der Waals surface area contributed by atoms with Gasteiger partial charge in [-0.3, -0.25) is 4.90 Å². The van der Waals surface area contributed by atoms with Crippen LogP contribution in [-0.2, 0) is 0 Å². The van der Waals surface area contributed by atoms with E-state index < -0.39 is 6.09 Å². The average Bonchev–Trinajstić information content (AvgIpc) is 2.37. The molecule has 1 aromatic rings. The molecule has 0 radical (unpaired) electrons. The van der Waals surface area contributed by atoms with Crippen molar-refractivity contribution in [2.45, 2.75) is 38.9 Å². The molecule has 110 valence electrons. The van der Waals surface area contributed by atoms with Crippen LogP contribution >= 0.6 is 0 Å². The first kappa shape index (κ1) is 14.5. The van der Waals surface area contributed by atoms with E-state index >= 15 is 0 Å². The molecule has 0 spiro atoms. The number of hydrogen-bond acceptors (Lipinski definition) is 5. The maximum Gasteiger partial charge on any atom is 0.407 e. The van der Waals surface area contributed by atoms with Crippen molar-refractivity contribution in [3.8, 4) is 0 Å². The Labute approximate surface area is 118 Å². The molecule has 3 atom stereocenters. The Morgan fingerprint density at radius 3 is 2.55 bits per heavy atom. The number of anilines is 1. The van der Waals surface area contributed by atoms with Crippen LogP contribution in [0.15, 0.2) is 12.3 Å². The molecule has 20 heavy (non-hydrogen) atoms. The van der Waals surface area contributed by atoms with Gasteiger partial charge in [0.25, 0.3) is 0 Å². The van der Waals surface area contributed by atoms with E-state index in [1.165, 1.54) is 4.90 Å². The van der Waals surface area contributed by atoms with Gasteiger partial charge in [0.15, 0.2) is 0 Å². The second-order valence-electron chi connectivity index (χ2n) is 5.36. The highest BCUT2D eigenvalue weighted by Crippen LogP contribution is 2.20. The molecular formula is C13H21N5O2. The van der Waals surface area contributed by atoms with Gasteiger partial charge in [-0.15, -0.1) is 0 Å². The zero-order chi connectivity index (χ0) is 14.9. The molecular weight excluding hydrogens is 258 g/mol. The zero-order valence-electron chi connectivity index (χ0n) is 12.0. The number of aromatic nitrogens is 2. The third kappa shape index (κ3) is 2.82. The first-order valence-corrected chi connectivity index (χ1v) is 6.75. The molecule has 7 nitrogen and oxygen atoms in total. The topological polar surface area (TPSA) is 95.6 Å². The van der Waals surface area contributed by atoms with Crippen molar-refractivity contribution in [3.63, 3.8) is 0 Å². The van der Waals surface area contributed by atoms with E-state index in [0.29, 0.717) is 19.0 Å². The maximum atomic E-state index is 11.2. The summed E-state index contributed by atoms with van der Waals surface area (Å²) < 4.78 is 0. The van der Waals surface area contributed by atoms with Crippen LogP contribution in [0.4, 0.5) is 10.7 Å². The molecule has 2 heterocycles. The maximum absolute atomic E-state index is 11.2. The molecule has 1 aromatic heterocycles. The fourth-order valence-electron chi connectivity index (χ4n) is 2.63. The largest absolute Gasteiger partial charge is 0.465 e. The van der Waals surface area contributed by atoms with Crippen LogP contribution in [0.5, 0.6) is 0 Å². The predicted molar refractivity (Wildman–Crippen MR) is 75.6 cm³/mol. The number of hydrogen-bond donors (Lipinski definition) is 2. The summed E-state index contributed by atoms with van der Waals surface area (Å²) in [6.45, 7) is 6.83. The number of nitrogens with two attached hydrogens (primary N) is 1. The van der Waals surface area contributed by atoms with E-state index in [9.17, 15) is 9.90 Å².